The number of benzene rings is 10. The zero-order chi connectivity index (χ0) is 56.7. The van der Waals surface area contributed by atoms with Crippen molar-refractivity contribution < 1.29 is 9.31 Å². The molecule has 1 aliphatic rings. The standard InChI is InChI=1S/C34H20N2S.C28H25BN2O2.C12H7BrS/c1-2-8-21(9-3-1)33-28-19-24-10-4-6-12-29(24)35-34(28)26-16-14-23(20-30(26)36-33)22-15-17-32-27(18-22)25-11-5-7-13-31(25)37-32;1-27(2)28(3,4)33-29(32-27)20-14-15-21-24(17-20)31-25(18-10-6-5-7-11-18)22-16-19-12-8-9-13-23(19)30-26(21)22;13-8-5-6-12-10(7-8)9-3-1-2-4-11(9)14-12/h1-20H;5-17H,1-4H3;1-7H. The summed E-state index contributed by atoms with van der Waals surface area (Å²) in [5, 5.41) is 11.8. The molecule has 10 heteroatoms. The summed E-state index contributed by atoms with van der Waals surface area (Å²) in [4.78, 5) is 20.6. The average molecular weight is 1180 g/mol. The van der Waals surface area contributed by atoms with Gasteiger partial charge in [0, 0.05) is 88.3 Å². The number of hydrogen-bond acceptors (Lipinski definition) is 8. The Hall–Kier alpha value is -8.74. The van der Waals surface area contributed by atoms with E-state index in [4.69, 9.17) is 29.2 Å². The summed E-state index contributed by atoms with van der Waals surface area (Å²) in [5.74, 6) is 0. The number of para-hydroxylation sites is 2. The SMILES string of the molecule is Brc1ccc2sc3ccccc3c2c1.CC1(C)OB(c2ccc3c(c2)nc(-c2ccccc2)c2cc4ccccc4nc23)OC1(C)C.c1ccc(-c2nc3cc(-c4ccc5sc6ccccc6c5c4)ccc3c3nc4ccccc4cc23)cc1. The van der Waals surface area contributed by atoms with Crippen molar-refractivity contribution in [3.8, 4) is 33.6 Å². The molecule has 7 heterocycles. The fraction of sp³-hybridized carbons (Fsp3) is 0.0811. The summed E-state index contributed by atoms with van der Waals surface area (Å²) in [6.45, 7) is 8.29. The van der Waals surface area contributed by atoms with Crippen LogP contribution in [0.4, 0.5) is 0 Å². The van der Waals surface area contributed by atoms with Crippen LogP contribution >= 0.6 is 38.6 Å². The van der Waals surface area contributed by atoms with E-state index in [-0.39, 0.29) is 11.2 Å². The van der Waals surface area contributed by atoms with E-state index < -0.39 is 7.12 Å². The fourth-order valence-electron chi connectivity index (χ4n) is 11.6. The third-order valence-corrected chi connectivity index (χ3v) is 19.4. The highest BCUT2D eigenvalue weighted by Crippen LogP contribution is 2.41. The summed E-state index contributed by atoms with van der Waals surface area (Å²) in [6.07, 6.45) is 0. The zero-order valence-electron chi connectivity index (χ0n) is 46.5. The van der Waals surface area contributed by atoms with Gasteiger partial charge in [0.15, 0.2) is 0 Å². The Morgan fingerprint density at radius 2 is 0.774 bits per heavy atom. The molecule has 1 fully saturated rings. The molecule has 16 aromatic rings. The second-order valence-corrected chi connectivity index (χ2v) is 25.5. The average Bonchev–Trinajstić information content (AvgIpc) is 1.51. The summed E-state index contributed by atoms with van der Waals surface area (Å²) in [5.41, 5.74) is 12.4. The first-order chi connectivity index (χ1) is 41.0. The van der Waals surface area contributed by atoms with Gasteiger partial charge in [-0.3, -0.25) is 0 Å². The molecule has 0 amide bonds. The lowest BCUT2D eigenvalue weighted by Gasteiger charge is -2.32. The van der Waals surface area contributed by atoms with E-state index in [1.54, 1.807) is 0 Å². The molecule has 10 aromatic carbocycles. The lowest BCUT2D eigenvalue weighted by molar-refractivity contribution is 0.00578. The molecular weight excluding hydrogens is 1130 g/mol. The number of aromatic nitrogens is 4. The maximum atomic E-state index is 6.29. The van der Waals surface area contributed by atoms with Crippen LogP contribution in [-0.4, -0.2) is 38.3 Å². The fourth-order valence-corrected chi connectivity index (χ4v) is 14.1. The minimum Gasteiger partial charge on any atom is -0.399 e. The minimum absolute atomic E-state index is 0.390. The molecule has 0 N–H and O–H groups in total. The number of fused-ring (bicyclic) bond motifs is 14. The van der Waals surface area contributed by atoms with Gasteiger partial charge in [-0.15, -0.1) is 22.7 Å². The molecule has 402 valence electrons. The molecule has 6 aromatic heterocycles. The van der Waals surface area contributed by atoms with Crippen molar-refractivity contribution >= 4 is 157 Å². The largest absolute Gasteiger partial charge is 0.494 e. The van der Waals surface area contributed by atoms with Crippen LogP contribution in [0.15, 0.2) is 247 Å². The molecule has 0 radical (unpaired) electrons. The lowest BCUT2D eigenvalue weighted by atomic mass is 9.78. The van der Waals surface area contributed by atoms with Gasteiger partial charge in [-0.2, -0.15) is 0 Å². The molecule has 0 bridgehead atoms. The zero-order valence-corrected chi connectivity index (χ0v) is 49.7. The first kappa shape index (κ1) is 52.1. The van der Waals surface area contributed by atoms with Crippen molar-refractivity contribution in [3.63, 3.8) is 0 Å². The molecule has 0 aliphatic carbocycles. The van der Waals surface area contributed by atoms with Gasteiger partial charge in [-0.25, -0.2) is 19.9 Å². The van der Waals surface area contributed by atoms with Crippen molar-refractivity contribution in [2.45, 2.75) is 38.9 Å². The van der Waals surface area contributed by atoms with Crippen molar-refractivity contribution in [1.29, 1.82) is 0 Å². The van der Waals surface area contributed by atoms with Crippen LogP contribution in [0.25, 0.3) is 139 Å². The molecule has 0 spiro atoms. The van der Waals surface area contributed by atoms with Crippen LogP contribution in [0.3, 0.4) is 0 Å². The van der Waals surface area contributed by atoms with Crippen LogP contribution in [0, 0.1) is 0 Å². The summed E-state index contributed by atoms with van der Waals surface area (Å²) >= 11 is 7.21. The lowest BCUT2D eigenvalue weighted by Crippen LogP contribution is -2.41. The van der Waals surface area contributed by atoms with Gasteiger partial charge in [-0.05, 0) is 129 Å². The molecule has 6 nitrogen and oxygen atoms in total. The van der Waals surface area contributed by atoms with E-state index in [2.05, 4.69) is 244 Å². The van der Waals surface area contributed by atoms with Crippen molar-refractivity contribution in [2.75, 3.05) is 0 Å². The van der Waals surface area contributed by atoms with Crippen LogP contribution in [-0.2, 0) is 9.31 Å². The van der Waals surface area contributed by atoms with Gasteiger partial charge in [-0.1, -0.05) is 174 Å². The highest BCUT2D eigenvalue weighted by Gasteiger charge is 2.51. The second-order valence-electron chi connectivity index (χ2n) is 22.5. The first-order valence-electron chi connectivity index (χ1n) is 28.2. The summed E-state index contributed by atoms with van der Waals surface area (Å²) < 4.78 is 19.1. The number of hydrogen-bond donors (Lipinski definition) is 0. The molecule has 0 saturated carbocycles. The van der Waals surface area contributed by atoms with Crippen LogP contribution in [0.2, 0.25) is 0 Å². The van der Waals surface area contributed by atoms with Crippen molar-refractivity contribution in [1.82, 2.24) is 19.9 Å². The second kappa shape index (κ2) is 20.9. The molecule has 1 aliphatic heterocycles. The topological polar surface area (TPSA) is 70.0 Å². The number of rotatable bonds is 4. The Morgan fingerprint density at radius 1 is 0.333 bits per heavy atom. The molecule has 0 unspecified atom stereocenters. The van der Waals surface area contributed by atoms with Crippen LogP contribution in [0.1, 0.15) is 27.7 Å². The van der Waals surface area contributed by atoms with Gasteiger partial charge in [0.1, 0.15) is 0 Å². The maximum absolute atomic E-state index is 6.29. The van der Waals surface area contributed by atoms with E-state index in [9.17, 15) is 0 Å². The van der Waals surface area contributed by atoms with Crippen LogP contribution < -0.4 is 5.46 Å². The first-order valence-corrected chi connectivity index (χ1v) is 30.6. The number of nitrogens with zero attached hydrogens (tertiary/aromatic N) is 4. The molecular formula is C74H52BBrN4O2S2. The van der Waals surface area contributed by atoms with E-state index >= 15 is 0 Å². The Bertz CT molecular complexity index is 5250. The summed E-state index contributed by atoms with van der Waals surface area (Å²) in [7, 11) is -0.429. The van der Waals surface area contributed by atoms with Crippen molar-refractivity contribution in [3.05, 3.63) is 247 Å². The van der Waals surface area contributed by atoms with Gasteiger partial charge in [0.2, 0.25) is 0 Å². The highest BCUT2D eigenvalue weighted by molar-refractivity contribution is 9.10. The Labute approximate surface area is 502 Å². The van der Waals surface area contributed by atoms with Gasteiger partial charge in [0.25, 0.3) is 0 Å². The number of thiophene rings is 2. The Morgan fingerprint density at radius 3 is 1.35 bits per heavy atom. The third-order valence-electron chi connectivity index (χ3n) is 16.6. The van der Waals surface area contributed by atoms with E-state index in [1.165, 1.54) is 45.9 Å². The molecule has 84 heavy (non-hydrogen) atoms. The maximum Gasteiger partial charge on any atom is 0.494 e. The normalized spacial score (nSPS) is 13.8. The van der Waals surface area contributed by atoms with Crippen LogP contribution in [0.5, 0.6) is 0 Å². The van der Waals surface area contributed by atoms with E-state index in [0.717, 1.165) is 103 Å². The van der Waals surface area contributed by atoms with Gasteiger partial charge >= 0.3 is 7.12 Å². The molecule has 0 atom stereocenters. The third kappa shape index (κ3) is 9.35. The molecule has 1 saturated heterocycles. The predicted octanol–water partition coefficient (Wildman–Crippen LogP) is 20.4. The Kier molecular flexibility index (Phi) is 12.9. The van der Waals surface area contributed by atoms with E-state index in [1.807, 2.05) is 65.1 Å². The quantitative estimate of drug-likeness (QED) is 0.0993. The number of pyridine rings is 4. The smallest absolute Gasteiger partial charge is 0.399 e. The van der Waals surface area contributed by atoms with Gasteiger partial charge < -0.3 is 9.31 Å². The van der Waals surface area contributed by atoms with Crippen molar-refractivity contribution in [2.24, 2.45) is 0 Å². The Balaban J connectivity index is 0.000000117. The van der Waals surface area contributed by atoms with Gasteiger partial charge in [0.05, 0.1) is 55.7 Å². The monoisotopic (exact) mass is 1180 g/mol. The van der Waals surface area contributed by atoms with E-state index in [0.29, 0.717) is 0 Å². The molecule has 17 rings (SSSR count). The minimum atomic E-state index is -0.429. The number of halogens is 1. The summed E-state index contributed by atoms with van der Waals surface area (Å²) in [6, 6.07) is 85.0. The predicted molar refractivity (Wildman–Crippen MR) is 361 cm³/mol. The highest BCUT2D eigenvalue weighted by atomic mass is 79.9.